The van der Waals surface area contributed by atoms with Gasteiger partial charge in [-0.1, -0.05) is 42.5 Å². The number of rotatable bonds is 2. The van der Waals surface area contributed by atoms with E-state index in [1.165, 1.54) is 0 Å². The average Bonchev–Trinajstić information content (AvgIpc) is 2.30. The van der Waals surface area contributed by atoms with E-state index in [0.717, 1.165) is 16.3 Å². The zero-order valence-corrected chi connectivity index (χ0v) is 9.83. The molecular weight excluding hydrogens is 234 g/mol. The van der Waals surface area contributed by atoms with Gasteiger partial charge in [-0.15, -0.1) is 0 Å². The zero-order chi connectivity index (χ0) is 12.7. The molecule has 0 aromatic heterocycles. The summed E-state index contributed by atoms with van der Waals surface area (Å²) >= 11 is 3.81. The molecule has 0 fully saturated rings. The fourth-order valence-electron chi connectivity index (χ4n) is 1.61. The van der Waals surface area contributed by atoms with Crippen molar-refractivity contribution in [1.29, 1.82) is 5.41 Å². The van der Waals surface area contributed by atoms with Crippen LogP contribution < -0.4 is 0 Å². The van der Waals surface area contributed by atoms with Crippen molar-refractivity contribution >= 4 is 34.1 Å². The van der Waals surface area contributed by atoms with E-state index in [4.69, 9.17) is 10.5 Å². The number of aliphatic carboxylic acids is 1. The van der Waals surface area contributed by atoms with Gasteiger partial charge in [0.1, 0.15) is 0 Å². The molecule has 3 nitrogen and oxygen atoms in total. The van der Waals surface area contributed by atoms with Crippen LogP contribution in [-0.4, -0.2) is 16.2 Å². The van der Waals surface area contributed by atoms with Gasteiger partial charge in [0, 0.05) is 0 Å². The van der Waals surface area contributed by atoms with Gasteiger partial charge < -0.3 is 5.11 Å². The zero-order valence-electron chi connectivity index (χ0n) is 9.01. The van der Waals surface area contributed by atoms with E-state index in [1.807, 2.05) is 42.5 Å². The molecule has 0 bridgehead atoms. The summed E-state index contributed by atoms with van der Waals surface area (Å²) < 4.78 is 0. The van der Waals surface area contributed by atoms with E-state index in [0.29, 0.717) is 0 Å². The highest BCUT2D eigenvalue weighted by molar-refractivity contribution is 7.78. The molecule has 2 aromatic rings. The molecule has 0 aliphatic rings. The fourth-order valence-corrected chi connectivity index (χ4v) is 1.61. The van der Waals surface area contributed by atoms with Crippen molar-refractivity contribution in [2.75, 3.05) is 0 Å². The van der Waals surface area contributed by atoms with Crippen LogP contribution in [0.15, 0.2) is 42.5 Å². The Kier molecular flexibility index (Phi) is 5.01. The van der Waals surface area contributed by atoms with E-state index < -0.39 is 5.97 Å². The monoisotopic (exact) mass is 245 g/mol. The first-order valence-electron chi connectivity index (χ1n) is 4.91. The maximum absolute atomic E-state index is 10.6. The maximum atomic E-state index is 10.6. The molecule has 0 aliphatic carbocycles. The first kappa shape index (κ1) is 13.0. The van der Waals surface area contributed by atoms with Crippen LogP contribution in [0.4, 0.5) is 0 Å². The molecule has 0 heterocycles. The fraction of sp³-hybridized carbons (Fsp3) is 0.0769. The Morgan fingerprint density at radius 2 is 1.82 bits per heavy atom. The minimum Gasteiger partial charge on any atom is -0.481 e. The summed E-state index contributed by atoms with van der Waals surface area (Å²) in [5.41, 5.74) is 0.871. The van der Waals surface area contributed by atoms with E-state index in [2.05, 4.69) is 12.2 Å². The third-order valence-electron chi connectivity index (χ3n) is 2.22. The Labute approximate surface area is 104 Å². The number of benzene rings is 2. The quantitative estimate of drug-likeness (QED) is 0.631. The Morgan fingerprint density at radius 1 is 1.24 bits per heavy atom. The predicted octanol–water partition coefficient (Wildman–Crippen LogP) is 3.13. The molecule has 0 spiro atoms. The number of carboxylic acid groups (broad SMARTS) is 1. The standard InChI is InChI=1S/C12H10O2.CHNS/c13-12(14)8-10-6-3-5-9-4-1-2-7-11(9)10;2-1-3/h1-7H,8H2,(H,13,14);2H. The lowest BCUT2D eigenvalue weighted by atomic mass is 10.0. The van der Waals surface area contributed by atoms with Crippen molar-refractivity contribution < 1.29 is 9.90 Å². The van der Waals surface area contributed by atoms with Crippen molar-refractivity contribution in [1.82, 2.24) is 0 Å². The Morgan fingerprint density at radius 3 is 2.47 bits per heavy atom. The van der Waals surface area contributed by atoms with Crippen molar-refractivity contribution in [2.45, 2.75) is 6.42 Å². The van der Waals surface area contributed by atoms with E-state index >= 15 is 0 Å². The van der Waals surface area contributed by atoms with Crippen LogP contribution in [0.2, 0.25) is 0 Å². The molecule has 2 rings (SSSR count). The van der Waals surface area contributed by atoms with E-state index in [9.17, 15) is 4.79 Å². The number of carboxylic acids is 1. The third kappa shape index (κ3) is 3.79. The summed E-state index contributed by atoms with van der Waals surface area (Å²) in [6.07, 6.45) is 0.0847. The van der Waals surface area contributed by atoms with Gasteiger partial charge >= 0.3 is 5.97 Å². The highest BCUT2D eigenvalue weighted by atomic mass is 32.1. The topological polar surface area (TPSA) is 61.2 Å². The molecule has 2 N–H and O–H groups in total. The molecule has 2 aromatic carbocycles. The van der Waals surface area contributed by atoms with Crippen molar-refractivity contribution in [2.24, 2.45) is 0 Å². The lowest BCUT2D eigenvalue weighted by molar-refractivity contribution is -0.136. The van der Waals surface area contributed by atoms with Gasteiger partial charge in [-0.25, -0.2) is 5.41 Å². The number of hydrogen-bond donors (Lipinski definition) is 2. The second-order valence-electron chi connectivity index (χ2n) is 3.31. The molecule has 0 saturated heterocycles. The van der Waals surface area contributed by atoms with Crippen molar-refractivity contribution in [3.63, 3.8) is 0 Å². The second kappa shape index (κ2) is 6.53. The largest absolute Gasteiger partial charge is 0.481 e. The summed E-state index contributed by atoms with van der Waals surface area (Å²) in [7, 11) is 0. The molecule has 86 valence electrons. The summed E-state index contributed by atoms with van der Waals surface area (Å²) in [5.74, 6) is -0.790. The first-order chi connectivity index (χ1) is 8.19. The Bertz CT molecular complexity index is 555. The number of thiocarbonyl (C=S) groups is 1. The molecule has 0 saturated carbocycles. The molecule has 17 heavy (non-hydrogen) atoms. The third-order valence-corrected chi connectivity index (χ3v) is 2.22. The number of isothiocyanates is 1. The highest BCUT2D eigenvalue weighted by Gasteiger charge is 2.03. The van der Waals surface area contributed by atoms with Gasteiger partial charge in [-0.2, -0.15) is 0 Å². The van der Waals surface area contributed by atoms with Crippen LogP contribution in [0.5, 0.6) is 0 Å². The lowest BCUT2D eigenvalue weighted by Gasteiger charge is -2.02. The van der Waals surface area contributed by atoms with Gasteiger partial charge in [-0.3, -0.25) is 4.79 Å². The first-order valence-corrected chi connectivity index (χ1v) is 5.32. The lowest BCUT2D eigenvalue weighted by Crippen LogP contribution is -2.00. The minimum absolute atomic E-state index is 0.0847. The van der Waals surface area contributed by atoms with Crippen LogP contribution in [0.25, 0.3) is 10.8 Å². The molecule has 0 amide bonds. The SMILES string of the molecule is N=C=S.O=C(O)Cc1cccc2ccccc12. The van der Waals surface area contributed by atoms with Crippen LogP contribution in [0.1, 0.15) is 5.56 Å². The van der Waals surface area contributed by atoms with Gasteiger partial charge in [0.15, 0.2) is 0 Å². The summed E-state index contributed by atoms with van der Waals surface area (Å²) in [6.45, 7) is 0. The van der Waals surface area contributed by atoms with Gasteiger partial charge in [-0.05, 0) is 28.6 Å². The van der Waals surface area contributed by atoms with E-state index in [-0.39, 0.29) is 6.42 Å². The van der Waals surface area contributed by atoms with Crippen LogP contribution in [-0.2, 0) is 11.2 Å². The van der Waals surface area contributed by atoms with Gasteiger partial charge in [0.25, 0.3) is 0 Å². The average molecular weight is 245 g/mol. The summed E-state index contributed by atoms with van der Waals surface area (Å²) in [6, 6.07) is 13.5. The van der Waals surface area contributed by atoms with E-state index in [1.54, 1.807) is 5.16 Å². The molecule has 4 heteroatoms. The molecule has 0 unspecified atom stereocenters. The number of nitrogens with one attached hydrogen (secondary N) is 1. The van der Waals surface area contributed by atoms with Crippen molar-refractivity contribution in [3.8, 4) is 0 Å². The second-order valence-corrected chi connectivity index (χ2v) is 3.51. The smallest absolute Gasteiger partial charge is 0.307 e. The van der Waals surface area contributed by atoms with Gasteiger partial charge in [0.2, 0.25) is 0 Å². The number of carbonyl (C=O) groups is 1. The number of hydrogen-bond acceptors (Lipinski definition) is 3. The van der Waals surface area contributed by atoms with Crippen LogP contribution in [0.3, 0.4) is 0 Å². The molecular formula is C13H11NO2S. The normalized spacial score (nSPS) is 8.94. The molecule has 0 radical (unpaired) electrons. The minimum atomic E-state index is -0.790. The summed E-state index contributed by atoms with van der Waals surface area (Å²) in [5, 5.41) is 18.2. The summed E-state index contributed by atoms with van der Waals surface area (Å²) in [4.78, 5) is 10.6. The predicted molar refractivity (Wildman–Crippen MR) is 70.6 cm³/mol. The van der Waals surface area contributed by atoms with Crippen LogP contribution >= 0.6 is 12.2 Å². The highest BCUT2D eigenvalue weighted by Crippen LogP contribution is 2.18. The van der Waals surface area contributed by atoms with Gasteiger partial charge in [0.05, 0.1) is 11.6 Å². The Hall–Kier alpha value is -2.03. The maximum Gasteiger partial charge on any atom is 0.307 e. The molecule has 0 aliphatic heterocycles. The van der Waals surface area contributed by atoms with Crippen molar-refractivity contribution in [3.05, 3.63) is 48.0 Å². The Balaban J connectivity index is 0.000000437. The van der Waals surface area contributed by atoms with Crippen LogP contribution in [0, 0.1) is 5.41 Å². The molecule has 0 atom stereocenters. The number of fused-ring (bicyclic) bond motifs is 1.